The van der Waals surface area contributed by atoms with Crippen LogP contribution in [0, 0.1) is 0 Å². The van der Waals surface area contributed by atoms with Crippen LogP contribution in [0.2, 0.25) is 0 Å². The zero-order valence-corrected chi connectivity index (χ0v) is 11.0. The standard InChI is InChI=1S/C14H14N4O2/c1-10(19)11-2-4-12(5-3-11)18-14(20)16-8-13-6-7-15-9-17-13/h2-7,9H,8H2,1H3,(H2,16,18,20). The third kappa shape index (κ3) is 3.88. The summed E-state index contributed by atoms with van der Waals surface area (Å²) in [5.74, 6) is -0.00948. The van der Waals surface area contributed by atoms with Crippen molar-refractivity contribution in [2.75, 3.05) is 5.32 Å². The molecule has 6 heteroatoms. The highest BCUT2D eigenvalue weighted by atomic mass is 16.2. The molecule has 102 valence electrons. The lowest BCUT2D eigenvalue weighted by Crippen LogP contribution is -2.28. The predicted molar refractivity (Wildman–Crippen MR) is 74.3 cm³/mol. The third-order valence-corrected chi connectivity index (χ3v) is 2.62. The molecule has 1 aromatic heterocycles. The Labute approximate surface area is 116 Å². The largest absolute Gasteiger partial charge is 0.332 e. The van der Waals surface area contributed by atoms with Gasteiger partial charge >= 0.3 is 6.03 Å². The van der Waals surface area contributed by atoms with Gasteiger partial charge in [-0.3, -0.25) is 4.79 Å². The molecule has 0 atom stereocenters. The van der Waals surface area contributed by atoms with Crippen molar-refractivity contribution in [3.8, 4) is 0 Å². The molecule has 0 fully saturated rings. The van der Waals surface area contributed by atoms with Crippen LogP contribution in [0.1, 0.15) is 23.0 Å². The minimum Gasteiger partial charge on any atom is -0.332 e. The molecule has 2 rings (SSSR count). The lowest BCUT2D eigenvalue weighted by Gasteiger charge is -2.07. The lowest BCUT2D eigenvalue weighted by atomic mass is 10.1. The second-order valence-corrected chi connectivity index (χ2v) is 4.14. The van der Waals surface area contributed by atoms with Gasteiger partial charge in [-0.15, -0.1) is 0 Å². The van der Waals surface area contributed by atoms with E-state index in [1.54, 1.807) is 36.5 Å². The number of rotatable bonds is 4. The molecule has 0 radical (unpaired) electrons. The Kier molecular flexibility index (Phi) is 4.39. The topological polar surface area (TPSA) is 84.0 Å². The Hall–Kier alpha value is -2.76. The molecule has 1 aromatic carbocycles. The first-order chi connectivity index (χ1) is 9.65. The number of hydrogen-bond donors (Lipinski definition) is 2. The summed E-state index contributed by atoms with van der Waals surface area (Å²) in [5.41, 5.74) is 1.95. The van der Waals surface area contributed by atoms with Gasteiger partial charge in [0.2, 0.25) is 0 Å². The van der Waals surface area contributed by atoms with Gasteiger partial charge in [-0.2, -0.15) is 0 Å². The highest BCUT2D eigenvalue weighted by Crippen LogP contribution is 2.09. The number of carbonyl (C=O) groups is 2. The zero-order valence-electron chi connectivity index (χ0n) is 11.0. The fourth-order valence-corrected chi connectivity index (χ4v) is 1.56. The third-order valence-electron chi connectivity index (χ3n) is 2.62. The zero-order chi connectivity index (χ0) is 14.4. The molecule has 0 saturated heterocycles. The van der Waals surface area contributed by atoms with Gasteiger partial charge in [0.05, 0.1) is 12.2 Å². The molecule has 0 aliphatic heterocycles. The van der Waals surface area contributed by atoms with Crippen molar-refractivity contribution in [3.63, 3.8) is 0 Å². The van der Waals surface area contributed by atoms with Gasteiger partial charge in [-0.1, -0.05) is 0 Å². The molecule has 2 amide bonds. The summed E-state index contributed by atoms with van der Waals surface area (Å²) in [6.07, 6.45) is 3.04. The molecule has 20 heavy (non-hydrogen) atoms. The monoisotopic (exact) mass is 270 g/mol. The molecule has 0 unspecified atom stereocenters. The van der Waals surface area contributed by atoms with Gasteiger partial charge in [-0.25, -0.2) is 14.8 Å². The molecule has 0 saturated carbocycles. The molecular weight excluding hydrogens is 256 g/mol. The van der Waals surface area contributed by atoms with Crippen molar-refractivity contribution in [1.29, 1.82) is 0 Å². The number of carbonyl (C=O) groups excluding carboxylic acids is 2. The highest BCUT2D eigenvalue weighted by molar-refractivity contribution is 5.95. The van der Waals surface area contributed by atoms with Crippen molar-refractivity contribution in [2.24, 2.45) is 0 Å². The first-order valence-corrected chi connectivity index (χ1v) is 6.06. The Morgan fingerprint density at radius 3 is 2.50 bits per heavy atom. The van der Waals surface area contributed by atoms with E-state index in [4.69, 9.17) is 0 Å². The number of ketones is 1. The van der Waals surface area contributed by atoms with E-state index in [-0.39, 0.29) is 11.8 Å². The first-order valence-electron chi connectivity index (χ1n) is 6.06. The molecule has 0 aliphatic carbocycles. The Morgan fingerprint density at radius 1 is 1.15 bits per heavy atom. The number of aromatic nitrogens is 2. The molecule has 0 aliphatic rings. The van der Waals surface area contributed by atoms with Crippen LogP contribution in [0.3, 0.4) is 0 Å². The summed E-state index contributed by atoms with van der Waals surface area (Å²) >= 11 is 0. The lowest BCUT2D eigenvalue weighted by molar-refractivity contribution is 0.101. The molecule has 2 N–H and O–H groups in total. The van der Waals surface area contributed by atoms with Gasteiger partial charge in [0.1, 0.15) is 6.33 Å². The maximum absolute atomic E-state index is 11.7. The average Bonchev–Trinajstić information content (AvgIpc) is 2.47. The average molecular weight is 270 g/mol. The van der Waals surface area contributed by atoms with Crippen molar-refractivity contribution in [1.82, 2.24) is 15.3 Å². The maximum Gasteiger partial charge on any atom is 0.319 e. The smallest absolute Gasteiger partial charge is 0.319 e. The van der Waals surface area contributed by atoms with Crippen LogP contribution in [0.5, 0.6) is 0 Å². The number of benzene rings is 1. The number of anilines is 1. The minimum absolute atomic E-state index is 0.00948. The van der Waals surface area contributed by atoms with Crippen LogP contribution in [0.25, 0.3) is 0 Å². The second-order valence-electron chi connectivity index (χ2n) is 4.14. The quantitative estimate of drug-likeness (QED) is 0.832. The molecular formula is C14H14N4O2. The SMILES string of the molecule is CC(=O)c1ccc(NC(=O)NCc2ccncn2)cc1. The summed E-state index contributed by atoms with van der Waals surface area (Å²) in [7, 11) is 0. The van der Waals surface area contributed by atoms with E-state index in [9.17, 15) is 9.59 Å². The predicted octanol–water partition coefficient (Wildman–Crippen LogP) is 2.00. The van der Waals surface area contributed by atoms with E-state index in [0.717, 1.165) is 5.69 Å². The van der Waals surface area contributed by atoms with Gasteiger partial charge in [0.15, 0.2) is 5.78 Å². The van der Waals surface area contributed by atoms with Crippen LogP contribution in [-0.2, 0) is 6.54 Å². The first kappa shape index (κ1) is 13.7. The Morgan fingerprint density at radius 2 is 1.90 bits per heavy atom. The molecule has 0 spiro atoms. The van der Waals surface area contributed by atoms with Crippen LogP contribution in [-0.4, -0.2) is 21.8 Å². The van der Waals surface area contributed by atoms with E-state index in [0.29, 0.717) is 17.8 Å². The van der Waals surface area contributed by atoms with E-state index < -0.39 is 0 Å². The number of urea groups is 1. The van der Waals surface area contributed by atoms with Crippen LogP contribution in [0.15, 0.2) is 42.9 Å². The van der Waals surface area contributed by atoms with Crippen molar-refractivity contribution < 1.29 is 9.59 Å². The van der Waals surface area contributed by atoms with E-state index in [1.807, 2.05) is 0 Å². The number of nitrogens with one attached hydrogen (secondary N) is 2. The second kappa shape index (κ2) is 6.42. The molecule has 6 nitrogen and oxygen atoms in total. The normalized spacial score (nSPS) is 9.85. The van der Waals surface area contributed by atoms with E-state index in [2.05, 4.69) is 20.6 Å². The Bertz CT molecular complexity index is 596. The van der Waals surface area contributed by atoms with Crippen molar-refractivity contribution >= 4 is 17.5 Å². The fourth-order valence-electron chi connectivity index (χ4n) is 1.56. The number of hydrogen-bond acceptors (Lipinski definition) is 4. The van der Waals surface area contributed by atoms with Gasteiger partial charge in [0, 0.05) is 17.4 Å². The maximum atomic E-state index is 11.7. The van der Waals surface area contributed by atoms with Crippen LogP contribution < -0.4 is 10.6 Å². The summed E-state index contributed by atoms with van der Waals surface area (Å²) in [4.78, 5) is 30.6. The number of nitrogens with zero attached hydrogens (tertiary/aromatic N) is 2. The van der Waals surface area contributed by atoms with Gasteiger partial charge < -0.3 is 10.6 Å². The number of Topliss-reactive ketones (excluding diaryl/α,β-unsaturated/α-hetero) is 1. The highest BCUT2D eigenvalue weighted by Gasteiger charge is 2.03. The Balaban J connectivity index is 1.86. The van der Waals surface area contributed by atoms with Crippen LogP contribution in [0.4, 0.5) is 10.5 Å². The summed E-state index contributed by atoms with van der Waals surface area (Å²) in [6.45, 7) is 1.82. The van der Waals surface area contributed by atoms with Crippen molar-refractivity contribution in [3.05, 3.63) is 54.1 Å². The fraction of sp³-hybridized carbons (Fsp3) is 0.143. The minimum atomic E-state index is -0.334. The van der Waals surface area contributed by atoms with Gasteiger partial charge in [0.25, 0.3) is 0 Å². The molecule has 1 heterocycles. The van der Waals surface area contributed by atoms with Crippen LogP contribution >= 0.6 is 0 Å². The molecule has 0 bridgehead atoms. The number of amides is 2. The van der Waals surface area contributed by atoms with Gasteiger partial charge in [-0.05, 0) is 37.3 Å². The summed E-state index contributed by atoms with van der Waals surface area (Å²) in [5, 5.41) is 5.35. The summed E-state index contributed by atoms with van der Waals surface area (Å²) < 4.78 is 0. The van der Waals surface area contributed by atoms with Crippen molar-refractivity contribution in [2.45, 2.75) is 13.5 Å². The summed E-state index contributed by atoms with van der Waals surface area (Å²) in [6, 6.07) is 8.09. The van der Waals surface area contributed by atoms with E-state index in [1.165, 1.54) is 13.3 Å². The molecule has 2 aromatic rings. The van der Waals surface area contributed by atoms with E-state index >= 15 is 0 Å².